The van der Waals surface area contributed by atoms with Gasteiger partial charge in [-0.3, -0.25) is 9.59 Å². The predicted molar refractivity (Wildman–Crippen MR) is 128 cm³/mol. The molecule has 4 N–H and O–H groups in total. The number of rotatable bonds is 8. The third kappa shape index (κ3) is 3.71. The zero-order valence-corrected chi connectivity index (χ0v) is 21.1. The Hall–Kier alpha value is -3.15. The summed E-state index contributed by atoms with van der Waals surface area (Å²) in [5.41, 5.74) is 5.71. The second kappa shape index (κ2) is 9.00. The Morgan fingerprint density at radius 2 is 2.05 bits per heavy atom. The van der Waals surface area contributed by atoms with E-state index < -0.39 is 47.2 Å². The summed E-state index contributed by atoms with van der Waals surface area (Å²) in [7, 11) is 3.56. The molecule has 0 radical (unpaired) electrons. The number of benzene rings is 1. The molecule has 5 rings (SSSR count). The smallest absolute Gasteiger partial charge is 0.352 e. The molecule has 37 heavy (non-hydrogen) atoms. The lowest BCUT2D eigenvalue weighted by Gasteiger charge is -2.61. The van der Waals surface area contributed by atoms with Crippen LogP contribution in [0.1, 0.15) is 43.7 Å². The lowest BCUT2D eigenvalue weighted by atomic mass is 9.50. The maximum atomic E-state index is 13.0. The predicted octanol–water partition coefficient (Wildman–Crippen LogP) is 0.640. The molecule has 1 saturated heterocycles. The molecule has 0 amide bonds. The van der Waals surface area contributed by atoms with Gasteiger partial charge in [0, 0.05) is 24.4 Å². The fourth-order valence-corrected chi connectivity index (χ4v) is 6.49. The van der Waals surface area contributed by atoms with Gasteiger partial charge in [0.2, 0.25) is 0 Å². The molecule has 1 aromatic rings. The van der Waals surface area contributed by atoms with Gasteiger partial charge >= 0.3 is 17.9 Å². The normalized spacial score (nSPS) is 30.8. The summed E-state index contributed by atoms with van der Waals surface area (Å²) in [6, 6.07) is 2.55. The van der Waals surface area contributed by atoms with Gasteiger partial charge < -0.3 is 39.8 Å². The Labute approximate surface area is 214 Å². The number of hydrogen-bond acceptors (Lipinski definition) is 10. The highest BCUT2D eigenvalue weighted by Crippen LogP contribution is 2.65. The van der Waals surface area contributed by atoms with Crippen molar-refractivity contribution < 1.29 is 43.5 Å². The zero-order chi connectivity index (χ0) is 26.7. The Kier molecular flexibility index (Phi) is 6.20. The Morgan fingerprint density at radius 1 is 1.30 bits per heavy atom. The maximum absolute atomic E-state index is 13.0. The van der Waals surface area contributed by atoms with Crippen molar-refractivity contribution in [2.24, 2.45) is 5.73 Å². The molecule has 2 bridgehead atoms. The number of carbonyl (C=O) groups excluding carboxylic acids is 2. The molecule has 1 aromatic carbocycles. The van der Waals surface area contributed by atoms with Gasteiger partial charge in [0.1, 0.15) is 11.8 Å². The van der Waals surface area contributed by atoms with E-state index in [-0.39, 0.29) is 31.1 Å². The number of likely N-dealkylation sites (N-methyl/N-ethyl adjacent to an activating group) is 1. The zero-order valence-electron chi connectivity index (χ0n) is 21.1. The second-order valence-electron chi connectivity index (χ2n) is 10.3. The molecule has 4 aliphatic rings. The van der Waals surface area contributed by atoms with E-state index in [9.17, 15) is 19.5 Å². The number of ether oxygens (including phenoxy) is 4. The first-order chi connectivity index (χ1) is 17.5. The molecule has 2 aliphatic carbocycles. The standard InChI is InChI=1S/C26H32N2O9/c1-13(35-24(32)15(27)5-7-19(29)30)23(31)36-17-8-9-26(33)18-12-14-4-6-16(34-3)21-20(14)25(26,22(17)37-21)10-11-28(18)2/h4,6,8,13,15,18,22,33H,5,7,9-12,27H2,1-3H3,(H,29,30)/t13?,15?,18-,22+,25+,26-/m1/s1. The van der Waals surface area contributed by atoms with Crippen molar-refractivity contribution in [3.05, 3.63) is 35.1 Å². The van der Waals surface area contributed by atoms with Crippen LogP contribution in [-0.4, -0.2) is 83.6 Å². The van der Waals surface area contributed by atoms with E-state index in [1.54, 1.807) is 13.2 Å². The van der Waals surface area contributed by atoms with E-state index in [2.05, 4.69) is 4.90 Å². The van der Waals surface area contributed by atoms with E-state index in [0.717, 1.165) is 17.7 Å². The Bertz CT molecular complexity index is 1180. The van der Waals surface area contributed by atoms with Crippen molar-refractivity contribution >= 4 is 17.9 Å². The van der Waals surface area contributed by atoms with E-state index in [1.807, 2.05) is 19.2 Å². The van der Waals surface area contributed by atoms with Gasteiger partial charge in [-0.2, -0.15) is 0 Å². The van der Waals surface area contributed by atoms with Crippen molar-refractivity contribution in [3.63, 3.8) is 0 Å². The highest BCUT2D eigenvalue weighted by Gasteiger charge is 2.72. The molecule has 1 fully saturated rings. The summed E-state index contributed by atoms with van der Waals surface area (Å²) >= 11 is 0. The third-order valence-corrected chi connectivity index (χ3v) is 8.37. The number of piperidine rings is 1. The minimum atomic E-state index is -1.28. The first kappa shape index (κ1) is 25.5. The molecule has 200 valence electrons. The number of likely N-dealkylation sites (tertiary alicyclic amines) is 1. The average molecular weight is 517 g/mol. The van der Waals surface area contributed by atoms with Crippen molar-refractivity contribution in [3.8, 4) is 11.5 Å². The lowest BCUT2D eigenvalue weighted by molar-refractivity contribution is -0.175. The van der Waals surface area contributed by atoms with Crippen LogP contribution in [0.2, 0.25) is 0 Å². The summed E-state index contributed by atoms with van der Waals surface area (Å²) < 4.78 is 22.9. The SMILES string of the molecule is COc1ccc2c3c1O[C@H]1C(OC(=O)C(C)OC(=O)C(N)CCC(=O)O)=CC[C@@]4(O)[C@@H](C2)N(C)CC[C@]314. The summed E-state index contributed by atoms with van der Waals surface area (Å²) in [6.45, 7) is 2.09. The summed E-state index contributed by atoms with van der Waals surface area (Å²) in [5.74, 6) is -1.44. The number of aliphatic carboxylic acids is 1. The van der Waals surface area contributed by atoms with Gasteiger partial charge in [-0.05, 0) is 57.5 Å². The van der Waals surface area contributed by atoms with Gasteiger partial charge in [-0.1, -0.05) is 6.07 Å². The highest BCUT2D eigenvalue weighted by molar-refractivity contribution is 5.82. The van der Waals surface area contributed by atoms with Crippen LogP contribution in [-0.2, 0) is 35.7 Å². The maximum Gasteiger partial charge on any atom is 0.352 e. The van der Waals surface area contributed by atoms with Crippen LogP contribution >= 0.6 is 0 Å². The van der Waals surface area contributed by atoms with Gasteiger partial charge in [-0.15, -0.1) is 0 Å². The fourth-order valence-electron chi connectivity index (χ4n) is 6.49. The van der Waals surface area contributed by atoms with Crippen molar-refractivity contribution in [1.29, 1.82) is 0 Å². The van der Waals surface area contributed by atoms with Crippen LogP contribution in [0.3, 0.4) is 0 Å². The third-order valence-electron chi connectivity index (χ3n) is 8.37. The van der Waals surface area contributed by atoms with Crippen LogP contribution < -0.4 is 15.2 Å². The quantitative estimate of drug-likeness (QED) is 0.416. The monoisotopic (exact) mass is 516 g/mol. The number of carboxylic acids is 1. The van der Waals surface area contributed by atoms with E-state index >= 15 is 0 Å². The van der Waals surface area contributed by atoms with Crippen molar-refractivity contribution in [2.75, 3.05) is 20.7 Å². The molecule has 11 heteroatoms. The van der Waals surface area contributed by atoms with Gasteiger partial charge in [-0.25, -0.2) is 4.79 Å². The van der Waals surface area contributed by atoms with Crippen molar-refractivity contribution in [1.82, 2.24) is 4.90 Å². The first-order valence-electron chi connectivity index (χ1n) is 12.4. The number of carboxylic acid groups (broad SMARTS) is 1. The van der Waals surface area contributed by atoms with Crippen LogP contribution in [0.15, 0.2) is 24.0 Å². The summed E-state index contributed by atoms with van der Waals surface area (Å²) in [6.07, 6.45) is 0.731. The molecule has 2 heterocycles. The van der Waals surface area contributed by atoms with Crippen molar-refractivity contribution in [2.45, 2.75) is 74.3 Å². The summed E-state index contributed by atoms with van der Waals surface area (Å²) in [5, 5.41) is 21.0. The number of carbonyl (C=O) groups is 3. The largest absolute Gasteiger partial charge is 0.493 e. The van der Waals surface area contributed by atoms with Gasteiger partial charge in [0.15, 0.2) is 23.7 Å². The molecule has 0 saturated carbocycles. The van der Waals surface area contributed by atoms with E-state index in [0.29, 0.717) is 24.3 Å². The molecule has 0 aromatic heterocycles. The highest BCUT2D eigenvalue weighted by atomic mass is 16.6. The fraction of sp³-hybridized carbons (Fsp3) is 0.577. The molecular weight excluding hydrogens is 484 g/mol. The molecule has 2 unspecified atom stereocenters. The lowest BCUT2D eigenvalue weighted by Crippen LogP contribution is -2.74. The molecule has 2 aliphatic heterocycles. The molecule has 11 nitrogen and oxygen atoms in total. The van der Waals surface area contributed by atoms with E-state index in [4.69, 9.17) is 29.8 Å². The molecule has 6 atom stereocenters. The minimum Gasteiger partial charge on any atom is -0.493 e. The van der Waals surface area contributed by atoms with Crippen LogP contribution in [0, 0.1) is 0 Å². The molecule has 1 spiro atoms. The summed E-state index contributed by atoms with van der Waals surface area (Å²) in [4.78, 5) is 38.1. The number of esters is 2. The molecular formula is C26H32N2O9. The topological polar surface area (TPSA) is 158 Å². The Morgan fingerprint density at radius 3 is 2.76 bits per heavy atom. The van der Waals surface area contributed by atoms with Crippen LogP contribution in [0.25, 0.3) is 0 Å². The number of nitrogens with two attached hydrogens (primary N) is 1. The average Bonchev–Trinajstić information content (AvgIpc) is 3.21. The van der Waals surface area contributed by atoms with Gasteiger partial charge in [0.25, 0.3) is 0 Å². The van der Waals surface area contributed by atoms with Gasteiger partial charge in [0.05, 0.1) is 18.1 Å². The number of hydrogen-bond donors (Lipinski definition) is 3. The van der Waals surface area contributed by atoms with E-state index in [1.165, 1.54) is 6.92 Å². The Balaban J connectivity index is 1.41. The number of nitrogens with zero attached hydrogens (tertiary/aromatic N) is 1. The van der Waals surface area contributed by atoms with Crippen LogP contribution in [0.4, 0.5) is 0 Å². The first-order valence-corrected chi connectivity index (χ1v) is 12.4. The second-order valence-corrected chi connectivity index (χ2v) is 10.3. The number of methoxy groups -OCH3 is 1. The minimum absolute atomic E-state index is 0.115. The number of aliphatic hydroxyl groups is 1. The van der Waals surface area contributed by atoms with Crippen LogP contribution in [0.5, 0.6) is 11.5 Å².